The number of carbonyl (C=O) groups excluding carboxylic acids is 1. The van der Waals surface area contributed by atoms with Gasteiger partial charge in [-0.1, -0.05) is 30.3 Å². The van der Waals surface area contributed by atoms with Gasteiger partial charge in [-0.3, -0.25) is 9.59 Å². The summed E-state index contributed by atoms with van der Waals surface area (Å²) in [6, 6.07) is 13.5. The molecule has 0 bridgehead atoms. The van der Waals surface area contributed by atoms with E-state index >= 15 is 0 Å². The number of para-hydroxylation sites is 2. The quantitative estimate of drug-likeness (QED) is 0.434. The average molecular weight is 432 g/mol. The van der Waals surface area contributed by atoms with Crippen molar-refractivity contribution in [3.05, 3.63) is 81.1 Å². The highest BCUT2D eigenvalue weighted by molar-refractivity contribution is 5.86. The van der Waals surface area contributed by atoms with Crippen LogP contribution in [0.1, 0.15) is 24.4 Å². The third-order valence-electron chi connectivity index (χ3n) is 6.07. The fourth-order valence-corrected chi connectivity index (χ4v) is 4.41. The minimum atomic E-state index is -1.00. The van der Waals surface area contributed by atoms with E-state index in [0.717, 1.165) is 33.9 Å². The molecular formula is C24H24N4O4. The van der Waals surface area contributed by atoms with Crippen molar-refractivity contribution in [2.45, 2.75) is 31.4 Å². The van der Waals surface area contributed by atoms with Crippen LogP contribution in [0.2, 0.25) is 0 Å². The lowest BCUT2D eigenvalue weighted by Crippen LogP contribution is -2.46. The first-order chi connectivity index (χ1) is 15.6. The van der Waals surface area contributed by atoms with Crippen LogP contribution in [0.4, 0.5) is 0 Å². The maximum atomic E-state index is 13.3. The second-order valence-electron chi connectivity index (χ2n) is 8.11. The van der Waals surface area contributed by atoms with Crippen LogP contribution in [-0.2, 0) is 16.0 Å². The first-order valence-corrected chi connectivity index (χ1v) is 10.8. The number of aromatic nitrogens is 3. The molecule has 2 atom stereocenters. The Morgan fingerprint density at radius 2 is 1.84 bits per heavy atom. The summed E-state index contributed by atoms with van der Waals surface area (Å²) < 4.78 is 6.64. The molecule has 0 saturated carbocycles. The summed E-state index contributed by atoms with van der Waals surface area (Å²) in [7, 11) is 0. The minimum Gasteiger partial charge on any atom is -0.376 e. The summed E-state index contributed by atoms with van der Waals surface area (Å²) in [5.41, 5.74) is 1.15. The molecule has 3 N–H and O–H groups in total. The third-order valence-corrected chi connectivity index (χ3v) is 6.07. The summed E-state index contributed by atoms with van der Waals surface area (Å²) in [6.07, 6.45) is 3.82. The van der Waals surface area contributed by atoms with Gasteiger partial charge in [0.2, 0.25) is 5.91 Å². The van der Waals surface area contributed by atoms with Gasteiger partial charge < -0.3 is 20.0 Å². The molecule has 5 rings (SSSR count). The summed E-state index contributed by atoms with van der Waals surface area (Å²) in [6.45, 7) is 1.03. The second kappa shape index (κ2) is 8.47. The van der Waals surface area contributed by atoms with E-state index in [1.807, 2.05) is 30.5 Å². The van der Waals surface area contributed by atoms with Crippen molar-refractivity contribution in [1.82, 2.24) is 19.9 Å². The Balaban J connectivity index is 1.56. The fourth-order valence-electron chi connectivity index (χ4n) is 4.41. The number of nitrogens with zero attached hydrogens (tertiary/aromatic N) is 1. The molecule has 2 aromatic heterocycles. The van der Waals surface area contributed by atoms with Gasteiger partial charge in [-0.05, 0) is 36.6 Å². The molecule has 2 unspecified atom stereocenters. The summed E-state index contributed by atoms with van der Waals surface area (Å²) in [5, 5.41) is 4.22. The first-order valence-electron chi connectivity index (χ1n) is 10.8. The SMILES string of the molecule is O=C(NCC1CCCO1)C(Cc1c[nH]c2ccccc12)n1c(=O)[nH]c2ccccc2c1=O. The second-order valence-corrected chi connectivity index (χ2v) is 8.11. The molecule has 0 radical (unpaired) electrons. The zero-order chi connectivity index (χ0) is 22.1. The van der Waals surface area contributed by atoms with E-state index in [9.17, 15) is 14.4 Å². The molecule has 1 saturated heterocycles. The molecule has 8 heteroatoms. The number of aromatic amines is 2. The number of benzene rings is 2. The van der Waals surface area contributed by atoms with Gasteiger partial charge in [0.15, 0.2) is 0 Å². The number of fused-ring (bicyclic) bond motifs is 2. The smallest absolute Gasteiger partial charge is 0.329 e. The van der Waals surface area contributed by atoms with Gasteiger partial charge in [-0.2, -0.15) is 0 Å². The molecule has 1 aliphatic heterocycles. The Bertz CT molecular complexity index is 1390. The van der Waals surface area contributed by atoms with Crippen LogP contribution in [0.25, 0.3) is 21.8 Å². The number of H-pyrrole nitrogens is 2. The van der Waals surface area contributed by atoms with E-state index in [-0.39, 0.29) is 18.4 Å². The highest BCUT2D eigenvalue weighted by Gasteiger charge is 2.27. The van der Waals surface area contributed by atoms with Crippen LogP contribution in [0, 0.1) is 0 Å². The van der Waals surface area contributed by atoms with Gasteiger partial charge in [0, 0.05) is 36.7 Å². The van der Waals surface area contributed by atoms with Crippen molar-refractivity contribution >= 4 is 27.7 Å². The van der Waals surface area contributed by atoms with E-state index in [1.165, 1.54) is 0 Å². The van der Waals surface area contributed by atoms with Crippen molar-refractivity contribution in [2.24, 2.45) is 0 Å². The van der Waals surface area contributed by atoms with E-state index in [4.69, 9.17) is 4.74 Å². The van der Waals surface area contributed by atoms with Crippen LogP contribution >= 0.6 is 0 Å². The van der Waals surface area contributed by atoms with Crippen molar-refractivity contribution in [2.75, 3.05) is 13.2 Å². The average Bonchev–Trinajstić information content (AvgIpc) is 3.47. The standard InChI is InChI=1S/C24H24N4O4/c29-22(26-14-16-6-5-11-32-16)21(12-15-13-25-19-9-3-1-7-17(15)19)28-23(30)18-8-2-4-10-20(18)27-24(28)31/h1-4,7-10,13,16,21,25H,5-6,11-12,14H2,(H,26,29)(H,27,31). The fraction of sp³-hybridized carbons (Fsp3) is 0.292. The predicted octanol–water partition coefficient (Wildman–Crippen LogP) is 2.25. The molecule has 4 aromatic rings. The van der Waals surface area contributed by atoms with Gasteiger partial charge in [-0.15, -0.1) is 0 Å². The Kier molecular flexibility index (Phi) is 5.36. The minimum absolute atomic E-state index is 0.0423. The topological polar surface area (TPSA) is 109 Å². The zero-order valence-electron chi connectivity index (χ0n) is 17.5. The van der Waals surface area contributed by atoms with Gasteiger partial charge in [0.1, 0.15) is 6.04 Å². The summed E-state index contributed by atoms with van der Waals surface area (Å²) >= 11 is 0. The number of nitrogens with one attached hydrogen (secondary N) is 3. The number of carbonyl (C=O) groups is 1. The molecule has 0 spiro atoms. The Morgan fingerprint density at radius 3 is 2.62 bits per heavy atom. The maximum Gasteiger partial charge on any atom is 0.329 e. The molecule has 1 amide bonds. The highest BCUT2D eigenvalue weighted by atomic mass is 16.5. The lowest BCUT2D eigenvalue weighted by molar-refractivity contribution is -0.125. The highest BCUT2D eigenvalue weighted by Crippen LogP contribution is 2.22. The van der Waals surface area contributed by atoms with Crippen molar-refractivity contribution in [3.8, 4) is 0 Å². The van der Waals surface area contributed by atoms with Gasteiger partial charge >= 0.3 is 5.69 Å². The first kappa shape index (κ1) is 20.3. The lowest BCUT2D eigenvalue weighted by atomic mass is 10.0. The van der Waals surface area contributed by atoms with Crippen LogP contribution in [0.5, 0.6) is 0 Å². The van der Waals surface area contributed by atoms with Crippen LogP contribution in [0.15, 0.2) is 64.3 Å². The molecule has 8 nitrogen and oxygen atoms in total. The molecule has 3 heterocycles. The van der Waals surface area contributed by atoms with Crippen LogP contribution in [0.3, 0.4) is 0 Å². The number of rotatable bonds is 6. The van der Waals surface area contributed by atoms with Crippen molar-refractivity contribution < 1.29 is 9.53 Å². The third kappa shape index (κ3) is 3.73. The normalized spacial score (nSPS) is 17.1. The van der Waals surface area contributed by atoms with E-state index in [0.29, 0.717) is 24.1 Å². The number of hydrogen-bond donors (Lipinski definition) is 3. The Hall–Kier alpha value is -3.65. The Morgan fingerprint density at radius 1 is 1.09 bits per heavy atom. The molecule has 1 fully saturated rings. The largest absolute Gasteiger partial charge is 0.376 e. The van der Waals surface area contributed by atoms with E-state index in [2.05, 4.69) is 15.3 Å². The summed E-state index contributed by atoms with van der Waals surface area (Å²) in [5.74, 6) is -0.381. The van der Waals surface area contributed by atoms with Gasteiger partial charge in [0.25, 0.3) is 5.56 Å². The Labute approximate surface area is 183 Å². The van der Waals surface area contributed by atoms with Crippen molar-refractivity contribution in [3.63, 3.8) is 0 Å². The maximum absolute atomic E-state index is 13.3. The van der Waals surface area contributed by atoms with Crippen LogP contribution in [-0.4, -0.2) is 39.7 Å². The molecular weight excluding hydrogens is 408 g/mol. The van der Waals surface area contributed by atoms with E-state index in [1.54, 1.807) is 24.3 Å². The number of hydrogen-bond acceptors (Lipinski definition) is 4. The van der Waals surface area contributed by atoms with E-state index < -0.39 is 17.3 Å². The van der Waals surface area contributed by atoms with Crippen LogP contribution < -0.4 is 16.6 Å². The monoisotopic (exact) mass is 432 g/mol. The number of ether oxygens (including phenoxy) is 1. The molecule has 2 aromatic carbocycles. The molecule has 0 aliphatic carbocycles. The van der Waals surface area contributed by atoms with Gasteiger partial charge in [-0.25, -0.2) is 9.36 Å². The lowest BCUT2D eigenvalue weighted by Gasteiger charge is -2.20. The van der Waals surface area contributed by atoms with Crippen molar-refractivity contribution in [1.29, 1.82) is 0 Å². The van der Waals surface area contributed by atoms with Gasteiger partial charge in [0.05, 0.1) is 17.0 Å². The summed E-state index contributed by atoms with van der Waals surface area (Å²) in [4.78, 5) is 45.5. The predicted molar refractivity (Wildman–Crippen MR) is 122 cm³/mol. The number of amides is 1. The zero-order valence-corrected chi connectivity index (χ0v) is 17.5. The molecule has 32 heavy (non-hydrogen) atoms. The molecule has 1 aliphatic rings. The molecule has 164 valence electrons.